The van der Waals surface area contributed by atoms with Gasteiger partial charge in [-0.05, 0) is 31.2 Å². The van der Waals surface area contributed by atoms with Crippen LogP contribution in [0.1, 0.15) is 5.69 Å². The van der Waals surface area contributed by atoms with Crippen molar-refractivity contribution in [2.75, 3.05) is 11.1 Å². The molecule has 0 saturated heterocycles. The Labute approximate surface area is 109 Å². The van der Waals surface area contributed by atoms with Gasteiger partial charge in [0.25, 0.3) is 0 Å². The van der Waals surface area contributed by atoms with Crippen LogP contribution in [0.2, 0.25) is 0 Å². The van der Waals surface area contributed by atoms with Crippen LogP contribution in [0.25, 0.3) is 0 Å². The predicted molar refractivity (Wildman–Crippen MR) is 69.7 cm³/mol. The molecule has 0 saturated carbocycles. The molecule has 0 atom stereocenters. The van der Waals surface area contributed by atoms with Crippen molar-refractivity contribution in [3.63, 3.8) is 0 Å². The average molecular weight is 265 g/mol. The third-order valence-electron chi connectivity index (χ3n) is 2.42. The number of pyridine rings is 1. The molecule has 19 heavy (non-hydrogen) atoms. The third kappa shape index (κ3) is 3.31. The largest absolute Gasteiger partial charge is 0.433 e. The number of rotatable bonds is 4. The van der Waals surface area contributed by atoms with Gasteiger partial charge in [0.05, 0.1) is 11.4 Å². The number of para-hydroxylation sites is 2. The molecule has 0 radical (unpaired) electrons. The van der Waals surface area contributed by atoms with Gasteiger partial charge in [0, 0.05) is 5.69 Å². The molecule has 0 fully saturated rings. The zero-order chi connectivity index (χ0) is 13.8. The van der Waals surface area contributed by atoms with E-state index in [9.17, 15) is 8.78 Å². The molecular weight excluding hydrogens is 252 g/mol. The number of halogens is 2. The van der Waals surface area contributed by atoms with Crippen LogP contribution >= 0.6 is 0 Å². The Bertz CT molecular complexity index is 576. The highest BCUT2D eigenvalue weighted by Gasteiger charge is 2.10. The summed E-state index contributed by atoms with van der Waals surface area (Å²) in [6.45, 7) is -1.07. The average Bonchev–Trinajstić information content (AvgIpc) is 2.35. The second-order valence-corrected chi connectivity index (χ2v) is 3.89. The summed E-state index contributed by atoms with van der Waals surface area (Å²) in [5.74, 6) is 0.450. The van der Waals surface area contributed by atoms with E-state index in [-0.39, 0.29) is 5.75 Å². The van der Waals surface area contributed by atoms with Crippen molar-refractivity contribution < 1.29 is 13.5 Å². The zero-order valence-electron chi connectivity index (χ0n) is 10.2. The summed E-state index contributed by atoms with van der Waals surface area (Å²) in [5, 5.41) is 2.89. The minimum Gasteiger partial charge on any atom is -0.433 e. The first-order valence-corrected chi connectivity index (χ1v) is 5.60. The van der Waals surface area contributed by atoms with E-state index in [4.69, 9.17) is 5.73 Å². The number of hydrogen-bond acceptors (Lipinski definition) is 4. The third-order valence-corrected chi connectivity index (χ3v) is 2.42. The summed E-state index contributed by atoms with van der Waals surface area (Å²) in [5.41, 5.74) is 7.35. The van der Waals surface area contributed by atoms with Gasteiger partial charge in [0.1, 0.15) is 5.75 Å². The highest BCUT2D eigenvalue weighted by atomic mass is 19.3. The first-order chi connectivity index (χ1) is 9.06. The van der Waals surface area contributed by atoms with Crippen LogP contribution in [0.3, 0.4) is 0 Å². The first-order valence-electron chi connectivity index (χ1n) is 5.60. The number of alkyl halides is 2. The molecular formula is C13H13F2N3O. The van der Waals surface area contributed by atoms with Crippen molar-refractivity contribution in [1.29, 1.82) is 0 Å². The molecule has 0 amide bonds. The topological polar surface area (TPSA) is 60.2 Å². The van der Waals surface area contributed by atoms with Gasteiger partial charge >= 0.3 is 6.61 Å². The number of aromatic nitrogens is 1. The van der Waals surface area contributed by atoms with Crippen molar-refractivity contribution in [2.45, 2.75) is 13.5 Å². The summed E-state index contributed by atoms with van der Waals surface area (Å²) in [7, 11) is 0. The van der Waals surface area contributed by atoms with Crippen molar-refractivity contribution in [2.24, 2.45) is 0 Å². The molecule has 0 aliphatic heterocycles. The van der Waals surface area contributed by atoms with E-state index in [0.717, 1.165) is 5.69 Å². The highest BCUT2D eigenvalue weighted by molar-refractivity contribution is 5.72. The van der Waals surface area contributed by atoms with Crippen LogP contribution in [0.4, 0.5) is 26.0 Å². The van der Waals surface area contributed by atoms with Gasteiger partial charge in [0.2, 0.25) is 0 Å². The number of nitrogens with one attached hydrogen (secondary N) is 1. The Morgan fingerprint density at radius 2 is 1.95 bits per heavy atom. The number of anilines is 3. The molecule has 6 heteroatoms. The molecule has 2 rings (SSSR count). The molecule has 1 aromatic heterocycles. The lowest BCUT2D eigenvalue weighted by Gasteiger charge is -2.13. The lowest BCUT2D eigenvalue weighted by Crippen LogP contribution is -2.06. The standard InChI is InChI=1S/C13H13F2N3O/c1-8-6-7-9(16)12(17-8)18-10-4-2-3-5-11(10)19-13(14)15/h2-7,13H,16H2,1H3,(H,17,18). The number of nitrogens with zero attached hydrogens (tertiary/aromatic N) is 1. The van der Waals surface area contributed by atoms with Crippen molar-refractivity contribution in [1.82, 2.24) is 4.98 Å². The lowest BCUT2D eigenvalue weighted by molar-refractivity contribution is -0.0493. The number of nitrogens with two attached hydrogens (primary N) is 1. The van der Waals surface area contributed by atoms with E-state index >= 15 is 0 Å². The molecule has 1 heterocycles. The minimum atomic E-state index is -2.88. The number of benzene rings is 1. The summed E-state index contributed by atoms with van der Waals surface area (Å²) >= 11 is 0. The quantitative estimate of drug-likeness (QED) is 0.890. The molecule has 3 N–H and O–H groups in total. The van der Waals surface area contributed by atoms with Gasteiger partial charge in [0.15, 0.2) is 5.82 Å². The Hall–Kier alpha value is -2.37. The number of hydrogen-bond donors (Lipinski definition) is 2. The summed E-state index contributed by atoms with van der Waals surface area (Å²) < 4.78 is 29.0. The summed E-state index contributed by atoms with van der Waals surface area (Å²) in [6, 6.07) is 9.83. The molecule has 4 nitrogen and oxygen atoms in total. The van der Waals surface area contributed by atoms with E-state index in [0.29, 0.717) is 17.2 Å². The second kappa shape index (κ2) is 5.51. The van der Waals surface area contributed by atoms with Crippen LogP contribution in [0.15, 0.2) is 36.4 Å². The fourth-order valence-corrected chi connectivity index (χ4v) is 1.56. The van der Waals surface area contributed by atoms with Crippen LogP contribution in [0, 0.1) is 6.92 Å². The maximum atomic E-state index is 12.3. The van der Waals surface area contributed by atoms with Gasteiger partial charge in [-0.25, -0.2) is 4.98 Å². The molecule has 0 aliphatic rings. The molecule has 0 aliphatic carbocycles. The van der Waals surface area contributed by atoms with Crippen LogP contribution in [-0.2, 0) is 0 Å². The number of ether oxygens (including phenoxy) is 1. The highest BCUT2D eigenvalue weighted by Crippen LogP contribution is 2.30. The zero-order valence-corrected chi connectivity index (χ0v) is 10.2. The number of nitrogen functional groups attached to an aromatic ring is 1. The Morgan fingerprint density at radius 3 is 2.68 bits per heavy atom. The Morgan fingerprint density at radius 1 is 1.21 bits per heavy atom. The van der Waals surface area contributed by atoms with Crippen LogP contribution < -0.4 is 15.8 Å². The van der Waals surface area contributed by atoms with Gasteiger partial charge in [-0.1, -0.05) is 12.1 Å². The van der Waals surface area contributed by atoms with Crippen LogP contribution in [0.5, 0.6) is 5.75 Å². The Kier molecular flexibility index (Phi) is 3.79. The van der Waals surface area contributed by atoms with Crippen molar-refractivity contribution in [3.05, 3.63) is 42.1 Å². The fraction of sp³-hybridized carbons (Fsp3) is 0.154. The first kappa shape index (κ1) is 13.1. The Balaban J connectivity index is 2.30. The molecule has 0 spiro atoms. The molecule has 1 aromatic carbocycles. The van der Waals surface area contributed by atoms with E-state index in [1.807, 2.05) is 6.92 Å². The second-order valence-electron chi connectivity index (χ2n) is 3.89. The molecule has 100 valence electrons. The smallest absolute Gasteiger partial charge is 0.387 e. The van der Waals surface area contributed by atoms with Gasteiger partial charge < -0.3 is 15.8 Å². The normalized spacial score (nSPS) is 10.5. The monoisotopic (exact) mass is 265 g/mol. The minimum absolute atomic E-state index is 0.0419. The van der Waals surface area contributed by atoms with E-state index in [1.165, 1.54) is 6.07 Å². The number of aryl methyl sites for hydroxylation is 1. The van der Waals surface area contributed by atoms with Crippen molar-refractivity contribution >= 4 is 17.2 Å². The lowest BCUT2D eigenvalue weighted by atomic mass is 10.2. The predicted octanol–water partition coefficient (Wildman–Crippen LogP) is 3.32. The van der Waals surface area contributed by atoms with Crippen molar-refractivity contribution in [3.8, 4) is 5.75 Å². The van der Waals surface area contributed by atoms with E-state index in [2.05, 4.69) is 15.0 Å². The fourth-order valence-electron chi connectivity index (χ4n) is 1.56. The molecule has 0 unspecified atom stereocenters. The van der Waals surface area contributed by atoms with Gasteiger partial charge in [-0.15, -0.1) is 0 Å². The maximum absolute atomic E-state index is 12.3. The van der Waals surface area contributed by atoms with Gasteiger partial charge in [-0.3, -0.25) is 0 Å². The van der Waals surface area contributed by atoms with Crippen LogP contribution in [-0.4, -0.2) is 11.6 Å². The van der Waals surface area contributed by atoms with E-state index in [1.54, 1.807) is 30.3 Å². The van der Waals surface area contributed by atoms with E-state index < -0.39 is 6.61 Å². The summed E-state index contributed by atoms with van der Waals surface area (Å²) in [4.78, 5) is 4.21. The maximum Gasteiger partial charge on any atom is 0.387 e. The summed E-state index contributed by atoms with van der Waals surface area (Å²) in [6.07, 6.45) is 0. The van der Waals surface area contributed by atoms with Gasteiger partial charge in [-0.2, -0.15) is 8.78 Å². The SMILES string of the molecule is Cc1ccc(N)c(Nc2ccccc2OC(F)F)n1. The molecule has 2 aromatic rings. The molecule has 0 bridgehead atoms.